The molecular weight excluding hydrogens is 262 g/mol. The highest BCUT2D eigenvalue weighted by atomic mass is 32.2. The van der Waals surface area contributed by atoms with Crippen LogP contribution in [0, 0.1) is 5.92 Å². The normalized spacial score (nSPS) is 28.6. The molecule has 108 valence electrons. The first-order valence-corrected chi connectivity index (χ1v) is 8.34. The van der Waals surface area contributed by atoms with Gasteiger partial charge in [0.1, 0.15) is 6.04 Å². The van der Waals surface area contributed by atoms with Gasteiger partial charge in [-0.1, -0.05) is 26.2 Å². The van der Waals surface area contributed by atoms with E-state index >= 15 is 0 Å². The fourth-order valence-electron chi connectivity index (χ4n) is 3.15. The van der Waals surface area contributed by atoms with E-state index in [1.807, 2.05) is 6.92 Å². The minimum Gasteiger partial charge on any atom is -0.480 e. The van der Waals surface area contributed by atoms with E-state index in [1.54, 1.807) is 16.7 Å². The molecule has 0 aromatic carbocycles. The molecule has 2 unspecified atom stereocenters. The maximum atomic E-state index is 12.4. The van der Waals surface area contributed by atoms with Crippen molar-refractivity contribution in [1.29, 1.82) is 0 Å². The number of hydrogen-bond acceptors (Lipinski definition) is 3. The Kier molecular flexibility index (Phi) is 5.13. The lowest BCUT2D eigenvalue weighted by Gasteiger charge is -2.29. The summed E-state index contributed by atoms with van der Waals surface area (Å²) in [4.78, 5) is 25.4. The smallest absolute Gasteiger partial charge is 0.327 e. The number of nitrogens with zero attached hydrogens (tertiary/aromatic N) is 1. The lowest BCUT2D eigenvalue weighted by molar-refractivity contribution is -0.149. The number of carboxylic acids is 1. The summed E-state index contributed by atoms with van der Waals surface area (Å²) in [6.07, 6.45) is 7.33. The van der Waals surface area contributed by atoms with Crippen LogP contribution in [0.4, 0.5) is 0 Å². The van der Waals surface area contributed by atoms with Gasteiger partial charge in [-0.15, -0.1) is 11.8 Å². The van der Waals surface area contributed by atoms with Crippen LogP contribution in [0.3, 0.4) is 0 Å². The van der Waals surface area contributed by atoms with Crippen LogP contribution < -0.4 is 0 Å². The molecule has 2 aliphatic rings. The van der Waals surface area contributed by atoms with Gasteiger partial charge < -0.3 is 10.0 Å². The van der Waals surface area contributed by atoms with Crippen LogP contribution >= 0.6 is 11.8 Å². The number of carbonyl (C=O) groups excluding carboxylic acids is 1. The number of aliphatic carboxylic acids is 1. The highest BCUT2D eigenvalue weighted by Gasteiger charge is 2.40. The summed E-state index contributed by atoms with van der Waals surface area (Å²) < 4.78 is 0. The van der Waals surface area contributed by atoms with E-state index in [0.717, 1.165) is 19.3 Å². The third-order valence-electron chi connectivity index (χ3n) is 4.20. The Bertz CT molecular complexity index is 342. The van der Waals surface area contributed by atoms with Gasteiger partial charge in [-0.2, -0.15) is 0 Å². The van der Waals surface area contributed by atoms with Crippen molar-refractivity contribution in [2.24, 2.45) is 5.92 Å². The Morgan fingerprint density at radius 2 is 1.95 bits per heavy atom. The van der Waals surface area contributed by atoms with E-state index in [-0.39, 0.29) is 11.3 Å². The van der Waals surface area contributed by atoms with Crippen molar-refractivity contribution in [2.45, 2.75) is 63.3 Å². The summed E-state index contributed by atoms with van der Waals surface area (Å²) in [5.41, 5.74) is 0. The van der Waals surface area contributed by atoms with Crippen LogP contribution in [0.15, 0.2) is 0 Å². The number of hydrogen-bond donors (Lipinski definition) is 1. The quantitative estimate of drug-likeness (QED) is 0.863. The molecule has 1 saturated carbocycles. The highest BCUT2D eigenvalue weighted by molar-refractivity contribution is 8.00. The largest absolute Gasteiger partial charge is 0.480 e. The summed E-state index contributed by atoms with van der Waals surface area (Å²) in [6, 6.07) is -0.619. The second kappa shape index (κ2) is 6.64. The molecule has 1 saturated heterocycles. The average molecular weight is 285 g/mol. The van der Waals surface area contributed by atoms with Gasteiger partial charge >= 0.3 is 5.97 Å². The van der Waals surface area contributed by atoms with E-state index in [9.17, 15) is 14.7 Å². The molecule has 2 rings (SSSR count). The van der Waals surface area contributed by atoms with Gasteiger partial charge in [0.15, 0.2) is 0 Å². The van der Waals surface area contributed by atoms with Crippen LogP contribution in [0.2, 0.25) is 0 Å². The number of amides is 1. The zero-order chi connectivity index (χ0) is 13.8. The highest BCUT2D eigenvalue weighted by Crippen LogP contribution is 2.34. The molecule has 1 heterocycles. The third-order valence-corrected chi connectivity index (χ3v) is 5.66. The standard InChI is InChI=1S/C14H23NO3S/c1-2-13-15(11(9-19-13)14(17)18)12(16)8-10-6-4-3-5-7-10/h10-11,13H,2-9H2,1H3,(H,17,18). The van der Waals surface area contributed by atoms with Gasteiger partial charge in [0.2, 0.25) is 5.91 Å². The van der Waals surface area contributed by atoms with E-state index in [4.69, 9.17) is 0 Å². The molecular formula is C14H23NO3S. The van der Waals surface area contributed by atoms with E-state index in [1.165, 1.54) is 19.3 Å². The lowest BCUT2D eigenvalue weighted by Crippen LogP contribution is -2.46. The summed E-state index contributed by atoms with van der Waals surface area (Å²) in [6.45, 7) is 2.02. The lowest BCUT2D eigenvalue weighted by atomic mass is 9.86. The van der Waals surface area contributed by atoms with Gasteiger partial charge in [0.05, 0.1) is 5.37 Å². The minimum absolute atomic E-state index is 0.0520. The van der Waals surface area contributed by atoms with Crippen LogP contribution in [0.25, 0.3) is 0 Å². The van der Waals surface area contributed by atoms with Crippen molar-refractivity contribution >= 4 is 23.6 Å². The van der Waals surface area contributed by atoms with Crippen molar-refractivity contribution in [1.82, 2.24) is 4.90 Å². The zero-order valence-corrected chi connectivity index (χ0v) is 12.3. The van der Waals surface area contributed by atoms with Crippen LogP contribution in [0.1, 0.15) is 51.9 Å². The Morgan fingerprint density at radius 1 is 1.26 bits per heavy atom. The number of thioether (sulfide) groups is 1. The SMILES string of the molecule is CCC1SCC(C(=O)O)N1C(=O)CC1CCCCC1. The Hall–Kier alpha value is -0.710. The maximum absolute atomic E-state index is 12.4. The van der Waals surface area contributed by atoms with Gasteiger partial charge in [0.25, 0.3) is 0 Å². The molecule has 1 N–H and O–H groups in total. The number of carbonyl (C=O) groups is 2. The Balaban J connectivity index is 1.99. The molecule has 0 aromatic rings. The molecule has 2 fully saturated rings. The van der Waals surface area contributed by atoms with Gasteiger partial charge in [-0.25, -0.2) is 4.79 Å². The first-order chi connectivity index (χ1) is 9.13. The molecule has 19 heavy (non-hydrogen) atoms. The van der Waals surface area contributed by atoms with E-state index in [0.29, 0.717) is 18.1 Å². The molecule has 1 amide bonds. The van der Waals surface area contributed by atoms with Gasteiger partial charge in [-0.05, 0) is 25.2 Å². The summed E-state index contributed by atoms with van der Waals surface area (Å²) in [5, 5.41) is 9.30. The maximum Gasteiger partial charge on any atom is 0.327 e. The van der Waals surface area contributed by atoms with Crippen molar-refractivity contribution in [3.63, 3.8) is 0 Å². The second-order valence-corrected chi connectivity index (χ2v) is 6.77. The van der Waals surface area contributed by atoms with E-state index in [2.05, 4.69) is 0 Å². The fourth-order valence-corrected chi connectivity index (χ4v) is 4.51. The molecule has 1 aliphatic carbocycles. The van der Waals surface area contributed by atoms with Crippen molar-refractivity contribution in [3.05, 3.63) is 0 Å². The Labute approximate surface area is 118 Å². The van der Waals surface area contributed by atoms with Crippen LogP contribution in [-0.4, -0.2) is 39.1 Å². The average Bonchev–Trinajstić information content (AvgIpc) is 2.83. The first kappa shape index (κ1) is 14.7. The predicted molar refractivity (Wildman–Crippen MR) is 76.0 cm³/mol. The summed E-state index contributed by atoms with van der Waals surface area (Å²) >= 11 is 1.60. The van der Waals surface area contributed by atoms with Crippen molar-refractivity contribution in [3.8, 4) is 0 Å². The minimum atomic E-state index is -0.861. The predicted octanol–water partition coefficient (Wildman–Crippen LogP) is 2.72. The molecule has 2 atom stereocenters. The van der Waals surface area contributed by atoms with Crippen molar-refractivity contribution in [2.75, 3.05) is 5.75 Å². The second-order valence-electron chi connectivity index (χ2n) is 5.56. The topological polar surface area (TPSA) is 57.6 Å². The third kappa shape index (κ3) is 3.44. The van der Waals surface area contributed by atoms with Gasteiger partial charge in [0, 0.05) is 12.2 Å². The molecule has 0 aromatic heterocycles. The fraction of sp³-hybridized carbons (Fsp3) is 0.857. The number of carboxylic acid groups (broad SMARTS) is 1. The van der Waals surface area contributed by atoms with Crippen LogP contribution in [0.5, 0.6) is 0 Å². The first-order valence-electron chi connectivity index (χ1n) is 7.29. The zero-order valence-electron chi connectivity index (χ0n) is 11.5. The summed E-state index contributed by atoms with van der Waals surface area (Å²) in [7, 11) is 0. The molecule has 0 spiro atoms. The van der Waals surface area contributed by atoms with E-state index < -0.39 is 12.0 Å². The monoisotopic (exact) mass is 285 g/mol. The van der Waals surface area contributed by atoms with Crippen molar-refractivity contribution < 1.29 is 14.7 Å². The molecule has 5 heteroatoms. The molecule has 0 bridgehead atoms. The van der Waals surface area contributed by atoms with Gasteiger partial charge in [-0.3, -0.25) is 4.79 Å². The summed E-state index contributed by atoms with van der Waals surface area (Å²) in [5.74, 6) is 0.194. The van der Waals surface area contributed by atoms with Crippen LogP contribution in [-0.2, 0) is 9.59 Å². The number of rotatable bonds is 4. The molecule has 0 radical (unpaired) electrons. The molecule has 1 aliphatic heterocycles. The molecule has 4 nitrogen and oxygen atoms in total. The Morgan fingerprint density at radius 3 is 2.53 bits per heavy atom.